The number of halogens is 1. The molecule has 1 aliphatic rings. The number of nitrogens with one attached hydrogen (secondary N) is 2. The molecular formula is C20H16ClN5O3. The molecule has 0 aliphatic carbocycles. The number of anilines is 2. The van der Waals surface area contributed by atoms with E-state index in [0.29, 0.717) is 33.5 Å². The maximum atomic E-state index is 13.2. The van der Waals surface area contributed by atoms with E-state index < -0.39 is 12.0 Å². The van der Waals surface area contributed by atoms with Gasteiger partial charge in [-0.3, -0.25) is 4.79 Å². The van der Waals surface area contributed by atoms with Crippen molar-refractivity contribution in [2.75, 3.05) is 10.6 Å². The fourth-order valence-corrected chi connectivity index (χ4v) is 3.44. The number of aromatic carboxylic acids is 1. The van der Waals surface area contributed by atoms with Gasteiger partial charge in [-0.1, -0.05) is 35.9 Å². The summed E-state index contributed by atoms with van der Waals surface area (Å²) in [6, 6.07) is 12.7. The molecule has 4 rings (SSSR count). The number of benzene rings is 2. The Morgan fingerprint density at radius 1 is 1.17 bits per heavy atom. The first-order valence-electron chi connectivity index (χ1n) is 8.72. The maximum absolute atomic E-state index is 13.2. The molecule has 1 atom stereocenters. The van der Waals surface area contributed by atoms with Crippen molar-refractivity contribution in [2.45, 2.75) is 13.0 Å². The van der Waals surface area contributed by atoms with E-state index in [1.54, 1.807) is 48.0 Å². The topological polar surface area (TPSA) is 109 Å². The highest BCUT2D eigenvalue weighted by Gasteiger charge is 2.33. The van der Waals surface area contributed by atoms with Gasteiger partial charge in [-0.2, -0.15) is 10.1 Å². The molecule has 0 saturated carbocycles. The summed E-state index contributed by atoms with van der Waals surface area (Å²) in [5.74, 6) is -0.882. The van der Waals surface area contributed by atoms with E-state index in [2.05, 4.69) is 20.7 Å². The molecule has 2 aromatic carbocycles. The Morgan fingerprint density at radius 2 is 1.90 bits per heavy atom. The van der Waals surface area contributed by atoms with Gasteiger partial charge in [-0.05, 0) is 36.8 Å². The van der Waals surface area contributed by atoms with E-state index >= 15 is 0 Å². The number of amides is 1. The van der Waals surface area contributed by atoms with Crippen LogP contribution in [0.5, 0.6) is 0 Å². The lowest BCUT2D eigenvalue weighted by Crippen LogP contribution is -2.31. The van der Waals surface area contributed by atoms with Crippen molar-refractivity contribution in [1.82, 2.24) is 14.8 Å². The standard InChI is InChI=1S/C20H16ClN5O3/c1-11-16(18(27)25-15-5-3-2-4-14(15)21)17(26-20(24-11)22-10-23-26)12-6-8-13(9-7-12)19(28)29/h2-10,17H,1H3,(H,25,27)(H,28,29)(H,22,23,24). The first-order valence-corrected chi connectivity index (χ1v) is 9.10. The number of para-hydroxylation sites is 1. The molecule has 3 N–H and O–H groups in total. The molecule has 0 radical (unpaired) electrons. The Labute approximate surface area is 170 Å². The smallest absolute Gasteiger partial charge is 0.335 e. The maximum Gasteiger partial charge on any atom is 0.335 e. The number of hydrogen-bond acceptors (Lipinski definition) is 5. The summed E-state index contributed by atoms with van der Waals surface area (Å²) < 4.78 is 1.59. The number of carboxylic acids is 1. The Bertz CT molecular complexity index is 1140. The summed E-state index contributed by atoms with van der Waals surface area (Å²) in [4.78, 5) is 28.6. The van der Waals surface area contributed by atoms with Crippen LogP contribution >= 0.6 is 11.6 Å². The molecule has 0 saturated heterocycles. The van der Waals surface area contributed by atoms with Gasteiger partial charge in [-0.15, -0.1) is 0 Å². The number of hydrogen-bond donors (Lipinski definition) is 3. The number of rotatable bonds is 4. The predicted molar refractivity (Wildman–Crippen MR) is 108 cm³/mol. The van der Waals surface area contributed by atoms with Crippen molar-refractivity contribution in [3.8, 4) is 0 Å². The second-order valence-electron chi connectivity index (χ2n) is 6.46. The van der Waals surface area contributed by atoms with Gasteiger partial charge in [0.1, 0.15) is 12.4 Å². The lowest BCUT2D eigenvalue weighted by atomic mass is 9.94. The van der Waals surface area contributed by atoms with Crippen LogP contribution < -0.4 is 10.6 Å². The summed E-state index contributed by atoms with van der Waals surface area (Å²) in [7, 11) is 0. The van der Waals surface area contributed by atoms with Gasteiger partial charge in [0.05, 0.1) is 21.8 Å². The minimum absolute atomic E-state index is 0.157. The number of aromatic nitrogens is 3. The summed E-state index contributed by atoms with van der Waals surface area (Å²) >= 11 is 6.18. The fraction of sp³-hybridized carbons (Fsp3) is 0.100. The molecule has 146 valence electrons. The van der Waals surface area contributed by atoms with E-state index in [1.807, 2.05) is 0 Å². The highest BCUT2D eigenvalue weighted by Crippen LogP contribution is 2.35. The van der Waals surface area contributed by atoms with Crippen LogP contribution in [0, 0.1) is 0 Å². The summed E-state index contributed by atoms with van der Waals surface area (Å²) in [5.41, 5.74) is 2.38. The summed E-state index contributed by atoms with van der Waals surface area (Å²) in [6.07, 6.45) is 1.39. The first kappa shape index (κ1) is 18.7. The zero-order valence-corrected chi connectivity index (χ0v) is 16.0. The van der Waals surface area contributed by atoms with Gasteiger partial charge in [0.15, 0.2) is 0 Å². The van der Waals surface area contributed by atoms with Crippen molar-refractivity contribution in [2.24, 2.45) is 0 Å². The van der Waals surface area contributed by atoms with Crippen molar-refractivity contribution in [1.29, 1.82) is 0 Å². The zero-order chi connectivity index (χ0) is 20.5. The number of carboxylic acid groups (broad SMARTS) is 1. The molecule has 2 heterocycles. The molecule has 0 bridgehead atoms. The molecule has 29 heavy (non-hydrogen) atoms. The van der Waals surface area contributed by atoms with Crippen LogP contribution in [0.15, 0.2) is 66.1 Å². The van der Waals surface area contributed by atoms with E-state index in [9.17, 15) is 9.59 Å². The fourth-order valence-electron chi connectivity index (χ4n) is 3.25. The molecule has 3 aromatic rings. The van der Waals surface area contributed by atoms with Gasteiger partial charge in [0, 0.05) is 5.70 Å². The largest absolute Gasteiger partial charge is 0.478 e. The molecule has 0 spiro atoms. The molecule has 1 amide bonds. The monoisotopic (exact) mass is 409 g/mol. The molecule has 8 nitrogen and oxygen atoms in total. The van der Waals surface area contributed by atoms with Gasteiger partial charge < -0.3 is 15.7 Å². The zero-order valence-electron chi connectivity index (χ0n) is 15.3. The molecular weight excluding hydrogens is 394 g/mol. The Hall–Kier alpha value is -3.65. The van der Waals surface area contributed by atoms with Crippen LogP contribution in [0.3, 0.4) is 0 Å². The van der Waals surface area contributed by atoms with Gasteiger partial charge in [-0.25, -0.2) is 9.48 Å². The second kappa shape index (κ2) is 7.40. The SMILES string of the molecule is CC1=C(C(=O)Nc2ccccc2Cl)C(c2ccc(C(=O)O)cc2)n2ncnc2N1. The van der Waals surface area contributed by atoms with Crippen LogP contribution in [0.25, 0.3) is 0 Å². The van der Waals surface area contributed by atoms with Crippen LogP contribution in [-0.2, 0) is 4.79 Å². The van der Waals surface area contributed by atoms with Crippen LogP contribution in [0.2, 0.25) is 5.02 Å². The molecule has 9 heteroatoms. The van der Waals surface area contributed by atoms with Gasteiger partial charge in [0.2, 0.25) is 5.95 Å². The van der Waals surface area contributed by atoms with Crippen molar-refractivity contribution in [3.63, 3.8) is 0 Å². The number of nitrogens with zero attached hydrogens (tertiary/aromatic N) is 3. The third kappa shape index (κ3) is 3.45. The van der Waals surface area contributed by atoms with Crippen LogP contribution in [0.1, 0.15) is 28.9 Å². The third-order valence-electron chi connectivity index (χ3n) is 4.63. The van der Waals surface area contributed by atoms with E-state index in [-0.39, 0.29) is 11.5 Å². The van der Waals surface area contributed by atoms with Crippen LogP contribution in [-0.4, -0.2) is 31.7 Å². The van der Waals surface area contributed by atoms with Gasteiger partial charge in [0.25, 0.3) is 5.91 Å². The number of allylic oxidation sites excluding steroid dienone is 1. The third-order valence-corrected chi connectivity index (χ3v) is 4.96. The predicted octanol–water partition coefficient (Wildman–Crippen LogP) is 3.56. The summed E-state index contributed by atoms with van der Waals surface area (Å²) in [5, 5.41) is 19.8. The highest BCUT2D eigenvalue weighted by molar-refractivity contribution is 6.33. The lowest BCUT2D eigenvalue weighted by molar-refractivity contribution is -0.113. The minimum atomic E-state index is -1.02. The molecule has 1 aromatic heterocycles. The van der Waals surface area contributed by atoms with Gasteiger partial charge >= 0.3 is 5.97 Å². The average Bonchev–Trinajstić information content (AvgIpc) is 3.16. The Kier molecular flexibility index (Phi) is 4.77. The lowest BCUT2D eigenvalue weighted by Gasteiger charge is -2.28. The summed E-state index contributed by atoms with van der Waals surface area (Å²) in [6.45, 7) is 1.78. The number of carbonyl (C=O) groups is 2. The Balaban J connectivity index is 1.76. The van der Waals surface area contributed by atoms with E-state index in [4.69, 9.17) is 16.7 Å². The number of fused-ring (bicyclic) bond motifs is 1. The first-order chi connectivity index (χ1) is 14.0. The molecule has 0 fully saturated rings. The molecule has 1 unspecified atom stereocenters. The normalized spacial score (nSPS) is 15.4. The van der Waals surface area contributed by atoms with Crippen molar-refractivity contribution in [3.05, 3.63) is 82.3 Å². The Morgan fingerprint density at radius 3 is 2.59 bits per heavy atom. The average molecular weight is 410 g/mol. The van der Waals surface area contributed by atoms with E-state index in [0.717, 1.165) is 0 Å². The minimum Gasteiger partial charge on any atom is -0.478 e. The van der Waals surface area contributed by atoms with Crippen LogP contribution in [0.4, 0.5) is 11.6 Å². The number of carbonyl (C=O) groups excluding carboxylic acids is 1. The highest BCUT2D eigenvalue weighted by atomic mass is 35.5. The molecule has 1 aliphatic heterocycles. The quantitative estimate of drug-likeness (QED) is 0.608. The van der Waals surface area contributed by atoms with Crippen molar-refractivity contribution < 1.29 is 14.7 Å². The second-order valence-corrected chi connectivity index (χ2v) is 6.86. The van der Waals surface area contributed by atoms with Crippen molar-refractivity contribution >= 4 is 35.1 Å². The van der Waals surface area contributed by atoms with E-state index in [1.165, 1.54) is 18.5 Å².